The highest BCUT2D eigenvalue weighted by Gasteiger charge is 2.50. The van der Waals surface area contributed by atoms with Gasteiger partial charge in [0.15, 0.2) is 0 Å². The Bertz CT molecular complexity index is 341. The van der Waals surface area contributed by atoms with Crippen LogP contribution in [0.25, 0.3) is 0 Å². The first-order chi connectivity index (χ1) is 8.53. The molecule has 0 spiro atoms. The van der Waals surface area contributed by atoms with Crippen molar-refractivity contribution in [2.75, 3.05) is 19.7 Å². The highest BCUT2D eigenvalue weighted by atomic mass is 16.5. The second-order valence-electron chi connectivity index (χ2n) is 5.27. The number of carboxylic acid groups (broad SMARTS) is 1. The van der Waals surface area contributed by atoms with Crippen LogP contribution in [0.4, 0.5) is 4.79 Å². The van der Waals surface area contributed by atoms with E-state index in [1.165, 1.54) is 0 Å². The third-order valence-electron chi connectivity index (χ3n) is 3.95. The van der Waals surface area contributed by atoms with Crippen LogP contribution in [0.15, 0.2) is 0 Å². The van der Waals surface area contributed by atoms with Gasteiger partial charge in [-0.2, -0.15) is 0 Å². The number of carboxylic acids is 1. The fraction of sp³-hybridized carbons (Fsp3) is 0.833. The number of hydrogen-bond donors (Lipinski definition) is 3. The third kappa shape index (κ3) is 2.93. The lowest BCUT2D eigenvalue weighted by Gasteiger charge is -2.16. The molecule has 6 nitrogen and oxygen atoms in total. The Hall–Kier alpha value is -1.30. The molecule has 1 saturated heterocycles. The first kappa shape index (κ1) is 13.1. The van der Waals surface area contributed by atoms with Crippen LogP contribution in [0.5, 0.6) is 0 Å². The van der Waals surface area contributed by atoms with Crippen molar-refractivity contribution in [1.29, 1.82) is 0 Å². The highest BCUT2D eigenvalue weighted by Crippen LogP contribution is 2.45. The van der Waals surface area contributed by atoms with Crippen LogP contribution in [-0.4, -0.2) is 42.9 Å². The van der Waals surface area contributed by atoms with Gasteiger partial charge in [0.1, 0.15) is 0 Å². The molecule has 6 heteroatoms. The number of aliphatic carboxylic acids is 1. The second kappa shape index (κ2) is 5.14. The Labute approximate surface area is 106 Å². The van der Waals surface area contributed by atoms with Crippen LogP contribution in [0.1, 0.15) is 26.2 Å². The number of carbonyl (C=O) groups is 2. The summed E-state index contributed by atoms with van der Waals surface area (Å²) >= 11 is 0. The molecule has 0 aromatic heterocycles. The van der Waals surface area contributed by atoms with E-state index in [1.807, 2.05) is 6.92 Å². The maximum absolute atomic E-state index is 11.5. The maximum Gasteiger partial charge on any atom is 0.314 e. The molecule has 0 bridgehead atoms. The average Bonchev–Trinajstić information content (AvgIpc) is 3.02. The molecule has 0 aromatic carbocycles. The summed E-state index contributed by atoms with van der Waals surface area (Å²) in [6.45, 7) is 3.54. The summed E-state index contributed by atoms with van der Waals surface area (Å²) in [4.78, 5) is 22.5. The number of amides is 2. The number of ether oxygens (including phenoxy) is 1. The molecule has 2 unspecified atom stereocenters. The van der Waals surface area contributed by atoms with Gasteiger partial charge < -0.3 is 20.5 Å². The van der Waals surface area contributed by atoms with E-state index in [1.54, 1.807) is 0 Å². The van der Waals surface area contributed by atoms with E-state index in [-0.39, 0.29) is 18.7 Å². The fourth-order valence-electron chi connectivity index (χ4n) is 2.20. The molecule has 0 radical (unpaired) electrons. The van der Waals surface area contributed by atoms with Crippen molar-refractivity contribution in [3.63, 3.8) is 0 Å². The van der Waals surface area contributed by atoms with E-state index in [0.29, 0.717) is 25.3 Å². The molecule has 2 rings (SSSR count). The smallest absolute Gasteiger partial charge is 0.314 e. The third-order valence-corrected chi connectivity index (χ3v) is 3.95. The molecule has 2 aliphatic rings. The minimum atomic E-state index is -0.819. The Morgan fingerprint density at radius 1 is 1.39 bits per heavy atom. The largest absolute Gasteiger partial charge is 0.481 e. The first-order valence-corrected chi connectivity index (χ1v) is 6.40. The number of nitrogens with one attached hydrogen (secondary N) is 2. The summed E-state index contributed by atoms with van der Waals surface area (Å²) in [5.41, 5.74) is -0.707. The monoisotopic (exact) mass is 256 g/mol. The molecule has 3 N–H and O–H groups in total. The lowest BCUT2D eigenvalue weighted by Crippen LogP contribution is -2.43. The van der Waals surface area contributed by atoms with E-state index in [4.69, 9.17) is 9.84 Å². The van der Waals surface area contributed by atoms with Crippen molar-refractivity contribution < 1.29 is 19.4 Å². The first-order valence-electron chi connectivity index (χ1n) is 6.40. The minimum absolute atomic E-state index is 0.180. The molecule has 2 amide bonds. The van der Waals surface area contributed by atoms with Gasteiger partial charge in [-0.3, -0.25) is 4.79 Å². The normalized spacial score (nSPS) is 28.7. The minimum Gasteiger partial charge on any atom is -0.481 e. The topological polar surface area (TPSA) is 87.7 Å². The van der Waals surface area contributed by atoms with E-state index in [0.717, 1.165) is 13.0 Å². The standard InChI is InChI=1S/C12H20N2O4/c1-8-9(2-5-18-8)6-13-11(17)14-7-12(3-4-12)10(15)16/h8-9H,2-7H2,1H3,(H,15,16)(H2,13,14,17). The van der Waals surface area contributed by atoms with Gasteiger partial charge in [-0.05, 0) is 26.2 Å². The molecule has 1 saturated carbocycles. The summed E-state index contributed by atoms with van der Waals surface area (Å²) in [6.07, 6.45) is 2.44. The predicted octanol–water partition coefficient (Wildman–Crippen LogP) is 0.575. The average molecular weight is 256 g/mol. The van der Waals surface area contributed by atoms with Crippen molar-refractivity contribution in [2.24, 2.45) is 11.3 Å². The van der Waals surface area contributed by atoms with Gasteiger partial charge in [0.25, 0.3) is 0 Å². The van der Waals surface area contributed by atoms with E-state index in [9.17, 15) is 9.59 Å². The van der Waals surface area contributed by atoms with Crippen LogP contribution in [0, 0.1) is 11.3 Å². The fourth-order valence-corrected chi connectivity index (χ4v) is 2.20. The van der Waals surface area contributed by atoms with Crippen LogP contribution < -0.4 is 10.6 Å². The molecule has 2 atom stereocenters. The van der Waals surface area contributed by atoms with Crippen LogP contribution in [0.3, 0.4) is 0 Å². The van der Waals surface area contributed by atoms with Crippen LogP contribution in [-0.2, 0) is 9.53 Å². The molecule has 0 aromatic rings. The summed E-state index contributed by atoms with van der Waals surface area (Å²) in [6, 6.07) is -0.290. The number of carbonyl (C=O) groups excluding carboxylic acids is 1. The molecule has 18 heavy (non-hydrogen) atoms. The number of hydrogen-bond acceptors (Lipinski definition) is 3. The SMILES string of the molecule is CC1OCCC1CNC(=O)NCC1(C(=O)O)CC1. The van der Waals surface area contributed by atoms with Gasteiger partial charge in [-0.1, -0.05) is 0 Å². The van der Waals surface area contributed by atoms with Gasteiger partial charge >= 0.3 is 12.0 Å². The van der Waals surface area contributed by atoms with E-state index < -0.39 is 11.4 Å². The zero-order valence-corrected chi connectivity index (χ0v) is 10.6. The molecule has 1 aliphatic carbocycles. The van der Waals surface area contributed by atoms with Crippen molar-refractivity contribution in [1.82, 2.24) is 10.6 Å². The van der Waals surface area contributed by atoms with Crippen molar-refractivity contribution in [3.05, 3.63) is 0 Å². The molecule has 1 aliphatic heterocycles. The lowest BCUT2D eigenvalue weighted by molar-refractivity contribution is -0.143. The molecule has 2 fully saturated rings. The van der Waals surface area contributed by atoms with Gasteiger partial charge in [-0.25, -0.2) is 4.79 Å². The summed E-state index contributed by atoms with van der Waals surface area (Å²) < 4.78 is 5.40. The molecule has 1 heterocycles. The van der Waals surface area contributed by atoms with Gasteiger partial charge in [0.05, 0.1) is 11.5 Å². The molecule has 102 valence electrons. The Morgan fingerprint density at radius 3 is 2.61 bits per heavy atom. The molecular weight excluding hydrogens is 236 g/mol. The van der Waals surface area contributed by atoms with Gasteiger partial charge in [-0.15, -0.1) is 0 Å². The summed E-state index contributed by atoms with van der Waals surface area (Å²) in [5.74, 6) is -0.467. The Morgan fingerprint density at radius 2 is 2.11 bits per heavy atom. The van der Waals surface area contributed by atoms with Gasteiger partial charge in [0, 0.05) is 25.6 Å². The number of rotatable bonds is 5. The van der Waals surface area contributed by atoms with Gasteiger partial charge in [0.2, 0.25) is 0 Å². The van der Waals surface area contributed by atoms with E-state index >= 15 is 0 Å². The zero-order chi connectivity index (χ0) is 13.2. The van der Waals surface area contributed by atoms with Crippen LogP contribution in [0.2, 0.25) is 0 Å². The Balaban J connectivity index is 1.65. The van der Waals surface area contributed by atoms with Crippen molar-refractivity contribution in [3.8, 4) is 0 Å². The van der Waals surface area contributed by atoms with E-state index in [2.05, 4.69) is 10.6 Å². The second-order valence-corrected chi connectivity index (χ2v) is 5.27. The molecular formula is C12H20N2O4. The lowest BCUT2D eigenvalue weighted by atomic mass is 10.0. The van der Waals surface area contributed by atoms with Crippen LogP contribution >= 0.6 is 0 Å². The predicted molar refractivity (Wildman–Crippen MR) is 64.2 cm³/mol. The van der Waals surface area contributed by atoms with Crippen molar-refractivity contribution in [2.45, 2.75) is 32.3 Å². The summed E-state index contributed by atoms with van der Waals surface area (Å²) in [7, 11) is 0. The maximum atomic E-state index is 11.5. The number of urea groups is 1. The quantitative estimate of drug-likeness (QED) is 0.671. The van der Waals surface area contributed by atoms with Crippen molar-refractivity contribution >= 4 is 12.0 Å². The Kier molecular flexibility index (Phi) is 3.75. The summed E-state index contributed by atoms with van der Waals surface area (Å²) in [5, 5.41) is 14.4. The highest BCUT2D eigenvalue weighted by molar-refractivity contribution is 5.80. The zero-order valence-electron chi connectivity index (χ0n) is 10.6.